The van der Waals surface area contributed by atoms with Crippen LogP contribution in [0.4, 0.5) is 42.5 Å². The van der Waals surface area contributed by atoms with E-state index in [4.69, 9.17) is 16.3 Å². The summed E-state index contributed by atoms with van der Waals surface area (Å²) >= 11 is 7.30. The van der Waals surface area contributed by atoms with Crippen molar-refractivity contribution in [3.05, 3.63) is 89.3 Å². The van der Waals surface area contributed by atoms with E-state index in [2.05, 4.69) is 20.0 Å². The molecular formula is C30H22ClF6N5O4S. The number of amidine groups is 1. The van der Waals surface area contributed by atoms with Crippen LogP contribution in [0.15, 0.2) is 78.2 Å². The molecule has 4 aromatic rings. The summed E-state index contributed by atoms with van der Waals surface area (Å²) in [6.45, 7) is 1.64. The number of amides is 3. The first-order chi connectivity index (χ1) is 22.1. The molecule has 3 amide bonds. The molecule has 1 atom stereocenters. The maximum absolute atomic E-state index is 13.8. The van der Waals surface area contributed by atoms with Crippen LogP contribution in [-0.2, 0) is 9.53 Å². The minimum Gasteiger partial charge on any atom is -0.406 e. The first-order valence-electron chi connectivity index (χ1n) is 13.4. The third-order valence-electron chi connectivity index (χ3n) is 6.66. The number of carbonyl (C=O) groups excluding carboxylic acids is 2. The van der Waals surface area contributed by atoms with E-state index in [1.807, 2.05) is 0 Å². The van der Waals surface area contributed by atoms with Gasteiger partial charge in [0, 0.05) is 30.1 Å². The first-order valence-corrected chi connectivity index (χ1v) is 14.7. The van der Waals surface area contributed by atoms with Gasteiger partial charge in [-0.15, -0.1) is 13.2 Å². The number of hydrogen-bond acceptors (Lipinski definition) is 6. The van der Waals surface area contributed by atoms with Crippen LogP contribution in [0.3, 0.4) is 0 Å². The third-order valence-corrected chi connectivity index (χ3v) is 7.90. The normalized spacial score (nSPS) is 15.3. The maximum Gasteiger partial charge on any atom is 0.573 e. The zero-order chi connectivity index (χ0) is 34.1. The summed E-state index contributed by atoms with van der Waals surface area (Å²) in [6.07, 6.45) is -8.83. The molecule has 2 heterocycles. The molecule has 1 aliphatic heterocycles. The van der Waals surface area contributed by atoms with Gasteiger partial charge < -0.3 is 19.4 Å². The molecule has 0 radical (unpaired) electrons. The van der Waals surface area contributed by atoms with Gasteiger partial charge in [-0.25, -0.2) is 9.78 Å². The number of methoxy groups -OCH3 is 1. The second-order valence-corrected chi connectivity index (χ2v) is 11.3. The fourth-order valence-electron chi connectivity index (χ4n) is 4.62. The van der Waals surface area contributed by atoms with Crippen LogP contribution in [0.25, 0.3) is 16.9 Å². The molecule has 0 spiro atoms. The number of anilines is 2. The Morgan fingerprint density at radius 3 is 2.43 bits per heavy atom. The van der Waals surface area contributed by atoms with Gasteiger partial charge in [0.15, 0.2) is 11.3 Å². The molecule has 47 heavy (non-hydrogen) atoms. The molecule has 246 valence electrons. The number of carbonyl (C=O) groups is 2. The number of rotatable bonds is 7. The van der Waals surface area contributed by atoms with Crippen LogP contribution in [0, 0.1) is 6.92 Å². The summed E-state index contributed by atoms with van der Waals surface area (Å²) < 4.78 is 88.8. The fourth-order valence-corrected chi connectivity index (χ4v) is 5.70. The van der Waals surface area contributed by atoms with E-state index >= 15 is 0 Å². The van der Waals surface area contributed by atoms with Crippen molar-refractivity contribution in [2.75, 3.05) is 23.1 Å². The minimum absolute atomic E-state index is 0.0982. The average molecular weight is 698 g/mol. The van der Waals surface area contributed by atoms with Gasteiger partial charge in [0.05, 0.1) is 34.2 Å². The van der Waals surface area contributed by atoms with E-state index in [9.17, 15) is 35.9 Å². The van der Waals surface area contributed by atoms with Gasteiger partial charge in [-0.2, -0.15) is 18.2 Å². The molecular weight excluding hydrogens is 676 g/mol. The molecule has 5 rings (SSSR count). The Kier molecular flexibility index (Phi) is 9.56. The molecule has 3 aromatic carbocycles. The number of aliphatic imine (C=N–C) groups is 1. The van der Waals surface area contributed by atoms with Gasteiger partial charge >= 0.3 is 18.6 Å². The molecule has 1 aliphatic rings. The van der Waals surface area contributed by atoms with Crippen LogP contribution in [0.1, 0.15) is 17.2 Å². The molecule has 0 bridgehead atoms. The van der Waals surface area contributed by atoms with E-state index in [0.29, 0.717) is 22.5 Å². The average Bonchev–Trinajstić information content (AvgIpc) is 3.61. The monoisotopic (exact) mass is 697 g/mol. The summed E-state index contributed by atoms with van der Waals surface area (Å²) in [7, 11) is 0.907. The van der Waals surface area contributed by atoms with E-state index in [1.165, 1.54) is 48.8 Å². The molecule has 9 nitrogen and oxygen atoms in total. The summed E-state index contributed by atoms with van der Waals surface area (Å²) in [5.74, 6) is -1.10. The van der Waals surface area contributed by atoms with E-state index in [-0.39, 0.29) is 38.6 Å². The Labute approximate surface area is 272 Å². The van der Waals surface area contributed by atoms with Crippen LogP contribution in [0.5, 0.6) is 5.75 Å². The number of aryl methyl sites for hydroxylation is 1. The van der Waals surface area contributed by atoms with Crippen molar-refractivity contribution < 1.29 is 45.4 Å². The molecule has 1 fully saturated rings. The standard InChI is InChI=1S/C30H22ClF6N5O4S/c1-16-3-9-20(26(45-2)29(32,33)34)24(11-16)42-25(43)14-47-28(42)40-27(44)39-22-10-6-18(12-21(22)31)41-13-23(38-15-41)17-4-7-19(8-5-17)46-30(35,36)37/h3-13,15,26H,14H2,1-2H3,(H,39,44). The molecule has 0 aliphatic carbocycles. The molecule has 1 aromatic heterocycles. The number of aromatic nitrogens is 2. The third kappa shape index (κ3) is 7.89. The number of nitrogens with zero attached hydrogens (tertiary/aromatic N) is 4. The lowest BCUT2D eigenvalue weighted by molar-refractivity contribution is -0.274. The lowest BCUT2D eigenvalue weighted by Gasteiger charge is -2.26. The highest BCUT2D eigenvalue weighted by atomic mass is 35.5. The van der Waals surface area contributed by atoms with Crippen LogP contribution >= 0.6 is 23.4 Å². The number of alkyl halides is 6. The van der Waals surface area contributed by atoms with E-state index in [0.717, 1.165) is 35.9 Å². The van der Waals surface area contributed by atoms with Crippen molar-refractivity contribution in [2.24, 2.45) is 4.99 Å². The zero-order valence-corrected chi connectivity index (χ0v) is 25.8. The number of benzene rings is 3. The number of thioether (sulfide) groups is 1. The number of hydrogen-bond donors (Lipinski definition) is 1. The predicted octanol–water partition coefficient (Wildman–Crippen LogP) is 8.32. The quantitative estimate of drug-likeness (QED) is 0.195. The molecule has 1 unspecified atom stereocenters. The Hall–Kier alpha value is -4.54. The van der Waals surface area contributed by atoms with E-state index in [1.54, 1.807) is 23.8 Å². The number of urea groups is 1. The highest BCUT2D eigenvalue weighted by Gasteiger charge is 2.44. The largest absolute Gasteiger partial charge is 0.573 e. The van der Waals surface area contributed by atoms with Gasteiger partial charge in [-0.05, 0) is 61.0 Å². The lowest BCUT2D eigenvalue weighted by atomic mass is 10.0. The zero-order valence-electron chi connectivity index (χ0n) is 24.2. The van der Waals surface area contributed by atoms with Crippen molar-refractivity contribution in [3.63, 3.8) is 0 Å². The van der Waals surface area contributed by atoms with E-state index < -0.39 is 30.6 Å². The summed E-state index contributed by atoms with van der Waals surface area (Å²) in [4.78, 5) is 34.9. The molecule has 1 saturated heterocycles. The number of halogens is 7. The minimum atomic E-state index is -4.81. The summed E-state index contributed by atoms with van der Waals surface area (Å²) in [5.41, 5.74) is 1.80. The van der Waals surface area contributed by atoms with Crippen LogP contribution in [0.2, 0.25) is 5.02 Å². The first kappa shape index (κ1) is 33.8. The topological polar surface area (TPSA) is 98.1 Å². The second-order valence-electron chi connectivity index (χ2n) is 9.96. The van der Waals surface area contributed by atoms with Crippen molar-refractivity contribution >= 4 is 51.8 Å². The fraction of sp³-hybridized carbons (Fsp3) is 0.200. The summed E-state index contributed by atoms with van der Waals surface area (Å²) in [6, 6.07) is 12.9. The van der Waals surface area contributed by atoms with Crippen molar-refractivity contribution in [1.82, 2.24) is 9.55 Å². The van der Waals surface area contributed by atoms with Crippen LogP contribution < -0.4 is 15.0 Å². The van der Waals surface area contributed by atoms with Gasteiger partial charge in [0.25, 0.3) is 0 Å². The van der Waals surface area contributed by atoms with Gasteiger partial charge in [-0.1, -0.05) is 35.5 Å². The SMILES string of the molecule is COC(c1ccc(C)cc1N1C(=O)CSC1=NC(=O)Nc1ccc(-n2cnc(-c3ccc(OC(F)(F)F)cc3)c2)cc1Cl)C(F)(F)F. The highest BCUT2D eigenvalue weighted by molar-refractivity contribution is 8.15. The van der Waals surface area contributed by atoms with Crippen molar-refractivity contribution in [2.45, 2.75) is 25.6 Å². The van der Waals surface area contributed by atoms with Crippen molar-refractivity contribution in [1.29, 1.82) is 0 Å². The number of ether oxygens (including phenoxy) is 2. The molecule has 1 N–H and O–H groups in total. The Bertz CT molecular complexity index is 1850. The molecule has 17 heteroatoms. The molecule has 0 saturated carbocycles. The number of nitrogens with one attached hydrogen (secondary N) is 1. The van der Waals surface area contributed by atoms with Crippen molar-refractivity contribution in [3.8, 4) is 22.7 Å². The van der Waals surface area contributed by atoms with Gasteiger partial charge in [-0.3, -0.25) is 9.69 Å². The Morgan fingerprint density at radius 2 is 1.79 bits per heavy atom. The Morgan fingerprint density at radius 1 is 1.06 bits per heavy atom. The highest BCUT2D eigenvalue weighted by Crippen LogP contribution is 2.42. The second kappa shape index (κ2) is 13.3. The van der Waals surface area contributed by atoms with Gasteiger partial charge in [0.2, 0.25) is 5.91 Å². The smallest absolute Gasteiger partial charge is 0.406 e. The maximum atomic E-state index is 13.8. The van der Waals surface area contributed by atoms with Gasteiger partial charge in [0.1, 0.15) is 5.75 Å². The Balaban J connectivity index is 1.33. The predicted molar refractivity (Wildman–Crippen MR) is 164 cm³/mol. The number of imidazole rings is 1. The van der Waals surface area contributed by atoms with Crippen LogP contribution in [-0.4, -0.2) is 52.1 Å². The lowest BCUT2D eigenvalue weighted by Crippen LogP contribution is -2.33. The summed E-state index contributed by atoms with van der Waals surface area (Å²) in [5, 5.41) is 2.47.